The van der Waals surface area contributed by atoms with Crippen molar-refractivity contribution in [1.82, 2.24) is 0 Å². The summed E-state index contributed by atoms with van der Waals surface area (Å²) in [6.45, 7) is 0.822. The van der Waals surface area contributed by atoms with E-state index >= 15 is 0 Å². The van der Waals surface area contributed by atoms with Crippen LogP contribution < -0.4 is 16.0 Å². The Bertz CT molecular complexity index is 550. The molecule has 0 unspecified atom stereocenters. The molecule has 112 valence electrons. The monoisotopic (exact) mass is 287 g/mol. The van der Waals surface area contributed by atoms with Crippen molar-refractivity contribution in [2.24, 2.45) is 17.6 Å². The van der Waals surface area contributed by atoms with Crippen LogP contribution in [0.5, 0.6) is 0 Å². The summed E-state index contributed by atoms with van der Waals surface area (Å²) in [4.78, 5) is 26.2. The van der Waals surface area contributed by atoms with Gasteiger partial charge in [-0.25, -0.2) is 0 Å². The normalized spacial score (nSPS) is 25.2. The van der Waals surface area contributed by atoms with Gasteiger partial charge in [-0.1, -0.05) is 12.1 Å². The minimum atomic E-state index is -0.127. The molecule has 3 N–H and O–H groups in total. The predicted molar refractivity (Wildman–Crippen MR) is 81.9 cm³/mol. The first-order valence-electron chi connectivity index (χ1n) is 7.59. The highest BCUT2D eigenvalue weighted by Crippen LogP contribution is 2.34. The maximum Gasteiger partial charge on any atom is 0.244 e. The van der Waals surface area contributed by atoms with Crippen LogP contribution in [0.4, 0.5) is 11.4 Å². The lowest BCUT2D eigenvalue weighted by molar-refractivity contribution is -0.125. The third-order valence-electron chi connectivity index (χ3n) is 4.57. The number of nitrogens with zero attached hydrogens (tertiary/aromatic N) is 1. The fourth-order valence-corrected chi connectivity index (χ4v) is 3.30. The Labute approximate surface area is 124 Å². The first kappa shape index (κ1) is 14.1. The molecule has 3 rings (SSSR count). The van der Waals surface area contributed by atoms with E-state index in [2.05, 4.69) is 5.32 Å². The van der Waals surface area contributed by atoms with Gasteiger partial charge in [0.25, 0.3) is 0 Å². The second kappa shape index (κ2) is 5.85. The zero-order valence-corrected chi connectivity index (χ0v) is 12.0. The van der Waals surface area contributed by atoms with E-state index in [1.165, 1.54) is 0 Å². The average Bonchev–Trinajstić information content (AvgIpc) is 2.53. The molecule has 0 aromatic heterocycles. The van der Waals surface area contributed by atoms with Crippen molar-refractivity contribution in [3.05, 3.63) is 24.3 Å². The van der Waals surface area contributed by atoms with E-state index in [0.717, 1.165) is 37.1 Å². The van der Waals surface area contributed by atoms with E-state index in [1.54, 1.807) is 4.90 Å². The number of nitrogens with one attached hydrogen (secondary N) is 1. The molecule has 1 aliphatic carbocycles. The lowest BCUT2D eigenvalue weighted by atomic mass is 9.81. The van der Waals surface area contributed by atoms with E-state index in [4.69, 9.17) is 5.73 Å². The van der Waals surface area contributed by atoms with Crippen LogP contribution in [-0.4, -0.2) is 24.9 Å². The molecule has 1 heterocycles. The number of rotatable bonds is 2. The third-order valence-corrected chi connectivity index (χ3v) is 4.57. The van der Waals surface area contributed by atoms with Crippen molar-refractivity contribution in [3.63, 3.8) is 0 Å². The van der Waals surface area contributed by atoms with Gasteiger partial charge in [0.2, 0.25) is 11.8 Å². The van der Waals surface area contributed by atoms with Crippen molar-refractivity contribution in [3.8, 4) is 0 Å². The lowest BCUT2D eigenvalue weighted by Gasteiger charge is -2.34. The van der Waals surface area contributed by atoms with Crippen molar-refractivity contribution in [2.45, 2.75) is 25.7 Å². The van der Waals surface area contributed by atoms with Gasteiger partial charge in [0.05, 0.1) is 11.4 Å². The predicted octanol–water partition coefficient (Wildman–Crippen LogP) is 1.74. The Balaban J connectivity index is 1.77. The molecular formula is C16H21N3O2. The van der Waals surface area contributed by atoms with Crippen molar-refractivity contribution >= 4 is 23.2 Å². The third kappa shape index (κ3) is 2.78. The molecule has 0 atom stereocenters. The zero-order valence-electron chi connectivity index (χ0n) is 12.0. The Kier molecular flexibility index (Phi) is 3.92. The molecule has 1 aliphatic heterocycles. The van der Waals surface area contributed by atoms with Crippen LogP contribution in [0.2, 0.25) is 0 Å². The van der Waals surface area contributed by atoms with Crippen LogP contribution in [0, 0.1) is 11.8 Å². The Morgan fingerprint density at radius 2 is 1.95 bits per heavy atom. The molecule has 1 saturated carbocycles. The zero-order chi connectivity index (χ0) is 14.8. The molecule has 1 aromatic carbocycles. The minimum Gasteiger partial charge on any atom is -0.330 e. The van der Waals surface area contributed by atoms with Crippen molar-refractivity contribution in [1.29, 1.82) is 0 Å². The van der Waals surface area contributed by atoms with Gasteiger partial charge in [0.1, 0.15) is 6.54 Å². The number of amides is 2. The van der Waals surface area contributed by atoms with Crippen molar-refractivity contribution < 1.29 is 9.59 Å². The average molecular weight is 287 g/mol. The highest BCUT2D eigenvalue weighted by Gasteiger charge is 2.33. The largest absolute Gasteiger partial charge is 0.330 e. The van der Waals surface area contributed by atoms with Crippen LogP contribution in [0.25, 0.3) is 0 Å². The molecule has 0 radical (unpaired) electrons. The van der Waals surface area contributed by atoms with Crippen LogP contribution in [0.15, 0.2) is 24.3 Å². The van der Waals surface area contributed by atoms with E-state index in [9.17, 15) is 9.59 Å². The summed E-state index contributed by atoms with van der Waals surface area (Å²) in [7, 11) is 0. The van der Waals surface area contributed by atoms with Gasteiger partial charge >= 0.3 is 0 Å². The van der Waals surface area contributed by atoms with Gasteiger partial charge in [-0.05, 0) is 50.3 Å². The number of hydrogen-bond acceptors (Lipinski definition) is 3. The summed E-state index contributed by atoms with van der Waals surface area (Å²) in [6.07, 6.45) is 3.77. The smallest absolute Gasteiger partial charge is 0.244 e. The first-order chi connectivity index (χ1) is 10.2. The molecule has 2 amide bonds. The lowest BCUT2D eigenvalue weighted by Crippen LogP contribution is -2.45. The molecule has 0 spiro atoms. The molecule has 5 heteroatoms. The quantitative estimate of drug-likeness (QED) is 0.870. The van der Waals surface area contributed by atoms with Crippen molar-refractivity contribution in [2.75, 3.05) is 23.3 Å². The van der Waals surface area contributed by atoms with E-state index in [-0.39, 0.29) is 24.3 Å². The SMILES string of the molecule is NCC1CCC(C(=O)N2CC(=O)Nc3ccccc32)CC1. The fourth-order valence-electron chi connectivity index (χ4n) is 3.30. The van der Waals surface area contributed by atoms with Gasteiger partial charge in [0.15, 0.2) is 0 Å². The number of hydrogen-bond donors (Lipinski definition) is 2. The first-order valence-corrected chi connectivity index (χ1v) is 7.59. The molecule has 0 saturated heterocycles. The number of nitrogens with two attached hydrogens (primary N) is 1. The standard InChI is InChI=1S/C16H21N3O2/c17-9-11-5-7-12(8-6-11)16(21)19-10-15(20)18-13-3-1-2-4-14(13)19/h1-4,11-12H,5-10,17H2,(H,18,20). The number of benzene rings is 1. The second-order valence-corrected chi connectivity index (χ2v) is 5.94. The number of carbonyl (C=O) groups is 2. The van der Waals surface area contributed by atoms with Gasteiger partial charge < -0.3 is 16.0 Å². The molecule has 5 nitrogen and oxygen atoms in total. The molecule has 21 heavy (non-hydrogen) atoms. The number of anilines is 2. The van der Waals surface area contributed by atoms with Crippen LogP contribution in [0.3, 0.4) is 0 Å². The highest BCUT2D eigenvalue weighted by atomic mass is 16.2. The summed E-state index contributed by atoms with van der Waals surface area (Å²) in [5.74, 6) is 0.517. The maximum absolute atomic E-state index is 12.8. The number of fused-ring (bicyclic) bond motifs is 1. The Hall–Kier alpha value is -1.88. The van der Waals surface area contributed by atoms with Crippen LogP contribution in [0.1, 0.15) is 25.7 Å². The van der Waals surface area contributed by atoms with E-state index < -0.39 is 0 Å². The van der Waals surface area contributed by atoms with E-state index in [1.807, 2.05) is 24.3 Å². The molecule has 2 aliphatic rings. The summed E-state index contributed by atoms with van der Waals surface area (Å²) in [6, 6.07) is 7.47. The highest BCUT2D eigenvalue weighted by molar-refractivity contribution is 6.10. The summed E-state index contributed by atoms with van der Waals surface area (Å²) in [5, 5.41) is 2.81. The van der Waals surface area contributed by atoms with E-state index in [0.29, 0.717) is 12.5 Å². The Morgan fingerprint density at radius 3 is 2.67 bits per heavy atom. The van der Waals surface area contributed by atoms with Gasteiger partial charge in [0, 0.05) is 5.92 Å². The minimum absolute atomic E-state index is 0.0201. The fraction of sp³-hybridized carbons (Fsp3) is 0.500. The molecule has 1 aromatic rings. The van der Waals surface area contributed by atoms with Gasteiger partial charge in [-0.2, -0.15) is 0 Å². The summed E-state index contributed by atoms with van der Waals surface area (Å²) in [5.41, 5.74) is 7.23. The van der Waals surface area contributed by atoms with Gasteiger partial charge in [-0.15, -0.1) is 0 Å². The Morgan fingerprint density at radius 1 is 1.24 bits per heavy atom. The molecular weight excluding hydrogens is 266 g/mol. The summed E-state index contributed by atoms with van der Waals surface area (Å²) >= 11 is 0. The molecule has 0 bridgehead atoms. The van der Waals surface area contributed by atoms with Crippen LogP contribution >= 0.6 is 0 Å². The molecule has 1 fully saturated rings. The number of para-hydroxylation sites is 2. The maximum atomic E-state index is 12.8. The second-order valence-electron chi connectivity index (χ2n) is 5.94. The number of carbonyl (C=O) groups excluding carboxylic acids is 2. The van der Waals surface area contributed by atoms with Crippen LogP contribution in [-0.2, 0) is 9.59 Å². The van der Waals surface area contributed by atoms with Gasteiger partial charge in [-0.3, -0.25) is 9.59 Å². The summed E-state index contributed by atoms with van der Waals surface area (Å²) < 4.78 is 0. The topological polar surface area (TPSA) is 75.4 Å².